The molecule has 0 radical (unpaired) electrons. The second-order valence-corrected chi connectivity index (χ2v) is 6.37. The second-order valence-electron chi connectivity index (χ2n) is 6.37. The van der Waals surface area contributed by atoms with Crippen molar-refractivity contribution in [1.82, 2.24) is 10.1 Å². The molecule has 4 N–H and O–H groups in total. The summed E-state index contributed by atoms with van der Waals surface area (Å²) in [4.78, 5) is 4.39. The summed E-state index contributed by atoms with van der Waals surface area (Å²) in [5.74, 6) is 1.16. The van der Waals surface area contributed by atoms with E-state index < -0.39 is 6.04 Å². The molecule has 0 amide bonds. The van der Waals surface area contributed by atoms with Gasteiger partial charge in [-0.1, -0.05) is 25.1 Å². The van der Waals surface area contributed by atoms with E-state index >= 15 is 0 Å². The highest BCUT2D eigenvalue weighted by atomic mass is 16.5. The Labute approximate surface area is 122 Å². The lowest BCUT2D eigenvalue weighted by Crippen LogP contribution is -2.13. The summed E-state index contributed by atoms with van der Waals surface area (Å²) in [5, 5.41) is 22.8. The van der Waals surface area contributed by atoms with Crippen molar-refractivity contribution in [1.29, 1.82) is 0 Å². The van der Waals surface area contributed by atoms with Crippen molar-refractivity contribution in [2.24, 2.45) is 11.1 Å². The van der Waals surface area contributed by atoms with Crippen LogP contribution in [0.3, 0.4) is 0 Å². The molecule has 1 aromatic heterocycles. The molecule has 0 bridgehead atoms. The number of rotatable bonds is 4. The number of benzene rings is 1. The van der Waals surface area contributed by atoms with Crippen molar-refractivity contribution in [3.05, 3.63) is 35.5 Å². The van der Waals surface area contributed by atoms with Gasteiger partial charge in [-0.15, -0.1) is 0 Å². The molecule has 1 saturated carbocycles. The fourth-order valence-corrected chi connectivity index (χ4v) is 2.48. The normalized spacial score (nSPS) is 21.2. The summed E-state index contributed by atoms with van der Waals surface area (Å²) in [5.41, 5.74) is 7.12. The average molecular weight is 289 g/mol. The van der Waals surface area contributed by atoms with Crippen LogP contribution < -0.4 is 5.73 Å². The predicted molar refractivity (Wildman–Crippen MR) is 75.8 cm³/mol. The van der Waals surface area contributed by atoms with Gasteiger partial charge in [0.15, 0.2) is 17.3 Å². The van der Waals surface area contributed by atoms with Gasteiger partial charge in [0, 0.05) is 5.92 Å². The van der Waals surface area contributed by atoms with Crippen LogP contribution in [-0.4, -0.2) is 20.4 Å². The Hall–Kier alpha value is -2.08. The van der Waals surface area contributed by atoms with Crippen molar-refractivity contribution < 1.29 is 14.7 Å². The lowest BCUT2D eigenvalue weighted by molar-refractivity contribution is 0.349. The molecule has 1 aliphatic carbocycles. The van der Waals surface area contributed by atoms with Gasteiger partial charge in [0.2, 0.25) is 5.89 Å². The molecule has 2 atom stereocenters. The number of nitrogens with zero attached hydrogens (tertiary/aromatic N) is 2. The van der Waals surface area contributed by atoms with E-state index in [0.717, 1.165) is 17.8 Å². The van der Waals surface area contributed by atoms with Crippen LogP contribution in [0.4, 0.5) is 0 Å². The first-order chi connectivity index (χ1) is 9.87. The summed E-state index contributed by atoms with van der Waals surface area (Å²) >= 11 is 0. The Bertz CT molecular complexity index is 666. The largest absolute Gasteiger partial charge is 0.504 e. The molecule has 21 heavy (non-hydrogen) atoms. The number of aromatic hydroxyl groups is 2. The number of aromatic nitrogens is 2. The van der Waals surface area contributed by atoms with Crippen LogP contribution in [0.1, 0.15) is 49.5 Å². The van der Waals surface area contributed by atoms with Crippen LogP contribution in [0.25, 0.3) is 0 Å². The zero-order valence-corrected chi connectivity index (χ0v) is 12.1. The molecule has 0 saturated heterocycles. The molecule has 1 heterocycles. The lowest BCUT2D eigenvalue weighted by atomic mass is 10.1. The fourth-order valence-electron chi connectivity index (χ4n) is 2.48. The van der Waals surface area contributed by atoms with Gasteiger partial charge in [0.1, 0.15) is 0 Å². The third kappa shape index (κ3) is 2.71. The lowest BCUT2D eigenvalue weighted by Gasteiger charge is -2.07. The molecule has 6 nitrogen and oxygen atoms in total. The minimum atomic E-state index is -0.433. The number of phenols is 2. The second kappa shape index (κ2) is 4.73. The standard InChI is InChI=1S/C15H19N3O3/c1-15(2)7-9(15)13-17-14(21-18-13)10(16)5-8-3-4-11(19)12(20)6-8/h3-4,6,9-10,19-20H,5,7,16H2,1-2H3. The molecule has 2 aromatic rings. The van der Waals surface area contributed by atoms with Gasteiger partial charge in [-0.25, -0.2) is 0 Å². The van der Waals surface area contributed by atoms with E-state index in [1.54, 1.807) is 6.07 Å². The Kier molecular flexibility index (Phi) is 3.13. The molecular weight excluding hydrogens is 270 g/mol. The summed E-state index contributed by atoms with van der Waals surface area (Å²) in [6.45, 7) is 4.35. The van der Waals surface area contributed by atoms with E-state index in [1.807, 2.05) is 0 Å². The van der Waals surface area contributed by atoms with Crippen molar-refractivity contribution in [2.45, 2.75) is 38.6 Å². The molecule has 2 unspecified atom stereocenters. The highest BCUT2D eigenvalue weighted by molar-refractivity contribution is 5.40. The molecule has 1 fully saturated rings. The third-order valence-corrected chi connectivity index (χ3v) is 4.10. The van der Waals surface area contributed by atoms with E-state index in [4.69, 9.17) is 10.3 Å². The average Bonchev–Trinajstić information content (AvgIpc) is 2.87. The third-order valence-electron chi connectivity index (χ3n) is 4.10. The molecule has 6 heteroatoms. The van der Waals surface area contributed by atoms with Crippen molar-refractivity contribution >= 4 is 0 Å². The Morgan fingerprint density at radius 3 is 2.71 bits per heavy atom. The minimum Gasteiger partial charge on any atom is -0.504 e. The van der Waals surface area contributed by atoms with Gasteiger partial charge in [-0.2, -0.15) is 4.98 Å². The van der Waals surface area contributed by atoms with E-state index in [2.05, 4.69) is 24.0 Å². The fraction of sp³-hybridized carbons (Fsp3) is 0.467. The molecule has 1 aliphatic rings. The molecule has 0 spiro atoms. The van der Waals surface area contributed by atoms with Crippen LogP contribution in [0.2, 0.25) is 0 Å². The summed E-state index contributed by atoms with van der Waals surface area (Å²) in [7, 11) is 0. The predicted octanol–water partition coefficient (Wildman–Crippen LogP) is 2.24. The topological polar surface area (TPSA) is 105 Å². The van der Waals surface area contributed by atoms with Crippen molar-refractivity contribution in [3.63, 3.8) is 0 Å². The molecule has 1 aromatic carbocycles. The summed E-state index contributed by atoms with van der Waals surface area (Å²) in [6.07, 6.45) is 1.51. The van der Waals surface area contributed by atoms with Crippen LogP contribution in [0.5, 0.6) is 11.5 Å². The van der Waals surface area contributed by atoms with Gasteiger partial charge in [-0.3, -0.25) is 0 Å². The highest BCUT2D eigenvalue weighted by Crippen LogP contribution is 2.57. The number of hydrogen-bond donors (Lipinski definition) is 3. The Morgan fingerprint density at radius 1 is 1.38 bits per heavy atom. The molecular formula is C15H19N3O3. The van der Waals surface area contributed by atoms with Crippen LogP contribution in [0, 0.1) is 5.41 Å². The van der Waals surface area contributed by atoms with Crippen LogP contribution in [-0.2, 0) is 6.42 Å². The van der Waals surface area contributed by atoms with Gasteiger partial charge < -0.3 is 20.5 Å². The summed E-state index contributed by atoms with van der Waals surface area (Å²) in [6, 6.07) is 4.19. The van der Waals surface area contributed by atoms with Crippen molar-refractivity contribution in [3.8, 4) is 11.5 Å². The Balaban J connectivity index is 1.70. The van der Waals surface area contributed by atoms with Crippen LogP contribution in [0.15, 0.2) is 22.7 Å². The molecule has 3 rings (SSSR count). The van der Waals surface area contributed by atoms with Gasteiger partial charge in [0.25, 0.3) is 0 Å². The van der Waals surface area contributed by atoms with E-state index in [9.17, 15) is 10.2 Å². The molecule has 0 aliphatic heterocycles. The number of nitrogens with two attached hydrogens (primary N) is 1. The SMILES string of the molecule is CC1(C)CC1c1noc(C(N)Cc2ccc(O)c(O)c2)n1. The first-order valence-electron chi connectivity index (χ1n) is 6.97. The maximum atomic E-state index is 9.48. The monoisotopic (exact) mass is 289 g/mol. The Morgan fingerprint density at radius 2 is 2.10 bits per heavy atom. The first-order valence-corrected chi connectivity index (χ1v) is 6.97. The maximum Gasteiger partial charge on any atom is 0.243 e. The number of phenolic OH excluding ortho intramolecular Hbond substituents is 2. The van der Waals surface area contributed by atoms with Gasteiger partial charge >= 0.3 is 0 Å². The summed E-state index contributed by atoms with van der Waals surface area (Å²) < 4.78 is 5.25. The van der Waals surface area contributed by atoms with E-state index in [0.29, 0.717) is 18.2 Å². The molecule has 112 valence electrons. The first kappa shape index (κ1) is 13.9. The minimum absolute atomic E-state index is 0.150. The zero-order chi connectivity index (χ0) is 15.2. The highest BCUT2D eigenvalue weighted by Gasteiger charge is 2.49. The van der Waals surface area contributed by atoms with Gasteiger partial charge in [-0.05, 0) is 36.0 Å². The number of hydrogen-bond acceptors (Lipinski definition) is 6. The zero-order valence-electron chi connectivity index (χ0n) is 12.1. The quantitative estimate of drug-likeness (QED) is 0.745. The van der Waals surface area contributed by atoms with E-state index in [-0.39, 0.29) is 16.9 Å². The van der Waals surface area contributed by atoms with Gasteiger partial charge in [0.05, 0.1) is 6.04 Å². The van der Waals surface area contributed by atoms with Crippen LogP contribution >= 0.6 is 0 Å². The maximum absolute atomic E-state index is 9.48. The van der Waals surface area contributed by atoms with Crippen molar-refractivity contribution in [2.75, 3.05) is 0 Å². The van der Waals surface area contributed by atoms with E-state index in [1.165, 1.54) is 12.1 Å². The smallest absolute Gasteiger partial charge is 0.243 e.